The first kappa shape index (κ1) is 25.4. The van der Waals surface area contributed by atoms with Crippen molar-refractivity contribution < 1.29 is 9.53 Å². The Kier molecular flexibility index (Phi) is 7.41. The molecule has 1 amide bonds. The standard InChI is InChI=1S/C25H32N6O5/c1-16-20(19-22(28(2)23(16)33)29(3)25(35)30(4)24(19)34)27-18-8-5-7-17(15-18)21(32)26-9-6-10-31-11-13-36-14-12-31/h5,7-8,15,27H,6,9-14H2,1-4H3,(H,26,32). The molecule has 0 aliphatic carbocycles. The maximum atomic E-state index is 13.1. The van der Waals surface area contributed by atoms with E-state index in [9.17, 15) is 19.2 Å². The third-order valence-corrected chi connectivity index (χ3v) is 6.64. The number of aromatic nitrogens is 3. The molecule has 0 spiro atoms. The predicted molar refractivity (Wildman–Crippen MR) is 138 cm³/mol. The van der Waals surface area contributed by atoms with Gasteiger partial charge in [-0.05, 0) is 38.1 Å². The van der Waals surface area contributed by atoms with Crippen LogP contribution in [0.5, 0.6) is 0 Å². The topological polar surface area (TPSA) is 120 Å². The van der Waals surface area contributed by atoms with E-state index in [1.165, 1.54) is 30.3 Å². The predicted octanol–water partition coefficient (Wildman–Crippen LogP) is 0.440. The molecule has 0 unspecified atom stereocenters. The van der Waals surface area contributed by atoms with E-state index in [2.05, 4.69) is 15.5 Å². The van der Waals surface area contributed by atoms with Crippen molar-refractivity contribution in [2.75, 3.05) is 44.7 Å². The van der Waals surface area contributed by atoms with Crippen LogP contribution in [0.15, 0.2) is 38.6 Å². The second-order valence-corrected chi connectivity index (χ2v) is 9.04. The van der Waals surface area contributed by atoms with Gasteiger partial charge in [0.2, 0.25) is 0 Å². The minimum Gasteiger partial charge on any atom is -0.379 e. The minimum atomic E-state index is -0.524. The molecule has 0 saturated carbocycles. The van der Waals surface area contributed by atoms with Crippen LogP contribution in [-0.4, -0.2) is 63.9 Å². The summed E-state index contributed by atoms with van der Waals surface area (Å²) in [6, 6.07) is 6.87. The zero-order valence-corrected chi connectivity index (χ0v) is 21.1. The highest BCUT2D eigenvalue weighted by Gasteiger charge is 2.20. The number of hydrogen-bond acceptors (Lipinski definition) is 7. The summed E-state index contributed by atoms with van der Waals surface area (Å²) in [6.07, 6.45) is 0.837. The molecule has 3 heterocycles. The van der Waals surface area contributed by atoms with E-state index in [0.29, 0.717) is 29.0 Å². The van der Waals surface area contributed by atoms with E-state index in [0.717, 1.165) is 43.8 Å². The molecule has 0 bridgehead atoms. The summed E-state index contributed by atoms with van der Waals surface area (Å²) in [4.78, 5) is 53.5. The number of carbonyl (C=O) groups excluding carboxylic acids is 1. The summed E-state index contributed by atoms with van der Waals surface area (Å²) in [7, 11) is 4.45. The first-order valence-electron chi connectivity index (χ1n) is 12.0. The number of nitrogens with one attached hydrogen (secondary N) is 2. The second-order valence-electron chi connectivity index (χ2n) is 9.04. The summed E-state index contributed by atoms with van der Waals surface area (Å²) in [5.74, 6) is -0.204. The number of fused-ring (bicyclic) bond motifs is 1. The fourth-order valence-corrected chi connectivity index (χ4v) is 4.56. The summed E-state index contributed by atoms with van der Waals surface area (Å²) < 4.78 is 8.95. The maximum absolute atomic E-state index is 13.1. The van der Waals surface area contributed by atoms with Gasteiger partial charge in [-0.2, -0.15) is 0 Å². The van der Waals surface area contributed by atoms with Gasteiger partial charge in [-0.25, -0.2) is 4.79 Å². The Morgan fingerprint density at radius 3 is 2.44 bits per heavy atom. The Morgan fingerprint density at radius 2 is 1.72 bits per heavy atom. The van der Waals surface area contributed by atoms with Crippen LogP contribution in [0.25, 0.3) is 11.0 Å². The molecule has 1 aliphatic rings. The lowest BCUT2D eigenvalue weighted by Crippen LogP contribution is -2.40. The third kappa shape index (κ3) is 4.84. The largest absolute Gasteiger partial charge is 0.379 e. The lowest BCUT2D eigenvalue weighted by molar-refractivity contribution is 0.0374. The maximum Gasteiger partial charge on any atom is 0.332 e. The van der Waals surface area contributed by atoms with Crippen molar-refractivity contribution in [2.24, 2.45) is 21.1 Å². The van der Waals surface area contributed by atoms with Crippen LogP contribution in [0.3, 0.4) is 0 Å². The minimum absolute atomic E-state index is 0.204. The van der Waals surface area contributed by atoms with Crippen molar-refractivity contribution in [1.82, 2.24) is 23.9 Å². The average molecular weight is 497 g/mol. The van der Waals surface area contributed by atoms with E-state index < -0.39 is 11.2 Å². The first-order valence-corrected chi connectivity index (χ1v) is 12.0. The number of pyridine rings is 1. The molecule has 11 heteroatoms. The SMILES string of the molecule is Cc1c(Nc2cccc(C(=O)NCCCN3CCOCC3)c2)c2c(=O)n(C)c(=O)n(C)c2n(C)c1=O. The van der Waals surface area contributed by atoms with Gasteiger partial charge in [-0.1, -0.05) is 6.07 Å². The number of amides is 1. The molecule has 192 valence electrons. The van der Waals surface area contributed by atoms with Crippen molar-refractivity contribution >= 4 is 28.3 Å². The van der Waals surface area contributed by atoms with Crippen LogP contribution >= 0.6 is 0 Å². The zero-order valence-electron chi connectivity index (χ0n) is 21.1. The molecule has 3 aromatic rings. The van der Waals surface area contributed by atoms with Gasteiger partial charge in [-0.15, -0.1) is 0 Å². The number of aryl methyl sites for hydroxylation is 2. The Hall–Kier alpha value is -3.70. The monoisotopic (exact) mass is 496 g/mol. The van der Waals surface area contributed by atoms with E-state index >= 15 is 0 Å². The van der Waals surface area contributed by atoms with E-state index in [-0.39, 0.29) is 22.5 Å². The van der Waals surface area contributed by atoms with Gasteiger partial charge in [0.05, 0.1) is 18.9 Å². The highest BCUT2D eigenvalue weighted by molar-refractivity contribution is 5.96. The summed E-state index contributed by atoms with van der Waals surface area (Å²) >= 11 is 0. The van der Waals surface area contributed by atoms with Crippen LogP contribution in [0.4, 0.5) is 11.4 Å². The van der Waals surface area contributed by atoms with Crippen LogP contribution in [-0.2, 0) is 25.9 Å². The van der Waals surface area contributed by atoms with Gasteiger partial charge in [0.1, 0.15) is 11.0 Å². The fourth-order valence-electron chi connectivity index (χ4n) is 4.56. The van der Waals surface area contributed by atoms with Gasteiger partial charge in [-0.3, -0.25) is 33.0 Å². The molecule has 1 fully saturated rings. The van der Waals surface area contributed by atoms with Crippen molar-refractivity contribution in [3.63, 3.8) is 0 Å². The molecule has 2 aromatic heterocycles. The molecule has 1 aliphatic heterocycles. The number of benzene rings is 1. The molecule has 2 N–H and O–H groups in total. The number of rotatable bonds is 7. The smallest absolute Gasteiger partial charge is 0.332 e. The number of hydrogen-bond donors (Lipinski definition) is 2. The molecule has 36 heavy (non-hydrogen) atoms. The van der Waals surface area contributed by atoms with Crippen molar-refractivity contribution in [1.29, 1.82) is 0 Å². The van der Waals surface area contributed by atoms with Crippen LogP contribution in [0.1, 0.15) is 22.3 Å². The summed E-state index contributed by atoms with van der Waals surface area (Å²) in [5, 5.41) is 6.33. The zero-order chi connectivity index (χ0) is 26.0. The van der Waals surface area contributed by atoms with Crippen molar-refractivity contribution in [3.05, 3.63) is 66.6 Å². The Balaban J connectivity index is 1.58. The van der Waals surface area contributed by atoms with E-state index in [4.69, 9.17) is 4.74 Å². The molecule has 0 radical (unpaired) electrons. The molecule has 1 saturated heterocycles. The molecular formula is C25H32N6O5. The molecule has 4 rings (SSSR count). The van der Waals surface area contributed by atoms with E-state index in [1.54, 1.807) is 31.2 Å². The lowest BCUT2D eigenvalue weighted by Gasteiger charge is -2.26. The molecular weight excluding hydrogens is 464 g/mol. The van der Waals surface area contributed by atoms with Crippen LogP contribution in [0.2, 0.25) is 0 Å². The van der Waals surface area contributed by atoms with Gasteiger partial charge < -0.3 is 15.4 Å². The van der Waals surface area contributed by atoms with Gasteiger partial charge >= 0.3 is 5.69 Å². The summed E-state index contributed by atoms with van der Waals surface area (Å²) in [5.41, 5.74) is 0.499. The second kappa shape index (κ2) is 10.5. The third-order valence-electron chi connectivity index (χ3n) is 6.64. The van der Waals surface area contributed by atoms with Gasteiger partial charge in [0, 0.05) is 57.6 Å². The Morgan fingerprint density at radius 1 is 1.00 bits per heavy atom. The van der Waals surface area contributed by atoms with Gasteiger partial charge in [0.25, 0.3) is 17.0 Å². The molecule has 0 atom stereocenters. The summed E-state index contributed by atoms with van der Waals surface area (Å²) in [6.45, 7) is 6.40. The van der Waals surface area contributed by atoms with Crippen molar-refractivity contribution in [2.45, 2.75) is 13.3 Å². The number of carbonyl (C=O) groups is 1. The normalized spacial score (nSPS) is 14.2. The number of nitrogens with zero attached hydrogens (tertiary/aromatic N) is 4. The van der Waals surface area contributed by atoms with Crippen LogP contribution < -0.4 is 27.4 Å². The fraction of sp³-hybridized carbons (Fsp3) is 0.440. The molecule has 1 aromatic carbocycles. The van der Waals surface area contributed by atoms with Crippen LogP contribution in [0, 0.1) is 6.92 Å². The number of morpholine rings is 1. The van der Waals surface area contributed by atoms with Gasteiger partial charge in [0.15, 0.2) is 0 Å². The Bertz CT molecular complexity index is 1470. The quantitative estimate of drug-likeness (QED) is 0.456. The number of ether oxygens (including phenoxy) is 1. The highest BCUT2D eigenvalue weighted by Crippen LogP contribution is 2.25. The lowest BCUT2D eigenvalue weighted by atomic mass is 10.1. The number of anilines is 2. The highest BCUT2D eigenvalue weighted by atomic mass is 16.5. The van der Waals surface area contributed by atoms with Crippen molar-refractivity contribution in [3.8, 4) is 0 Å². The van der Waals surface area contributed by atoms with E-state index in [1.807, 2.05) is 0 Å². The average Bonchev–Trinajstić information content (AvgIpc) is 2.89. The first-order chi connectivity index (χ1) is 17.2. The molecule has 11 nitrogen and oxygen atoms in total. The Labute approximate surface area is 207 Å².